The molecule has 0 unspecified atom stereocenters. The molecular weight excluding hydrogens is 304 g/mol. The third-order valence-corrected chi connectivity index (χ3v) is 3.29. The van der Waals surface area contributed by atoms with Gasteiger partial charge in [0.2, 0.25) is 0 Å². The van der Waals surface area contributed by atoms with Crippen LogP contribution in [0.3, 0.4) is 0 Å². The Kier molecular flexibility index (Phi) is 5.23. The van der Waals surface area contributed by atoms with E-state index < -0.39 is 10.8 Å². The number of H-pyrrole nitrogens is 1. The van der Waals surface area contributed by atoms with Gasteiger partial charge in [-0.3, -0.25) is 24.8 Å². The first-order chi connectivity index (χ1) is 11.0. The minimum atomic E-state index is -0.527. The average molecular weight is 320 g/mol. The zero-order valence-electron chi connectivity index (χ0n) is 12.5. The Morgan fingerprint density at radius 2 is 2.17 bits per heavy atom. The van der Waals surface area contributed by atoms with E-state index in [0.717, 1.165) is 0 Å². The Bertz CT molecular complexity index is 740. The van der Waals surface area contributed by atoms with Crippen molar-refractivity contribution in [1.82, 2.24) is 15.5 Å². The number of carbonyl (C=O) groups excluding carboxylic acids is 2. The van der Waals surface area contributed by atoms with Gasteiger partial charge in [-0.05, 0) is 18.9 Å². The predicted octanol–water partition coefficient (Wildman–Crippen LogP) is 1.54. The number of rotatable bonds is 7. The van der Waals surface area contributed by atoms with Crippen LogP contribution in [0.25, 0.3) is 10.9 Å². The Hall–Kier alpha value is -2.97. The molecule has 9 nitrogen and oxygen atoms in total. The molecule has 0 aliphatic carbocycles. The smallest absolute Gasteiger partial charge is 0.305 e. The third-order valence-electron chi connectivity index (χ3n) is 3.29. The zero-order chi connectivity index (χ0) is 16.8. The maximum atomic E-state index is 12.1. The number of carbonyl (C=O) groups is 2. The number of nitro groups is 1. The lowest BCUT2D eigenvalue weighted by molar-refractivity contribution is -0.384. The van der Waals surface area contributed by atoms with Gasteiger partial charge in [-0.25, -0.2) is 0 Å². The summed E-state index contributed by atoms with van der Waals surface area (Å²) in [7, 11) is 1.33. The molecule has 0 saturated carbocycles. The number of hydrogen-bond acceptors (Lipinski definition) is 6. The summed E-state index contributed by atoms with van der Waals surface area (Å²) in [4.78, 5) is 33.3. The highest BCUT2D eigenvalue weighted by Crippen LogP contribution is 2.21. The summed E-state index contributed by atoms with van der Waals surface area (Å²) < 4.78 is 4.52. The van der Waals surface area contributed by atoms with Crippen LogP contribution in [0.4, 0.5) is 5.69 Å². The molecule has 0 bridgehead atoms. The number of nitrogens with zero attached hydrogens (tertiary/aromatic N) is 2. The SMILES string of the molecule is COC(=O)CCCCNC(=O)c1n[nH]c2ccc([N+](=O)[O-])cc12. The van der Waals surface area contributed by atoms with Crippen LogP contribution in [0, 0.1) is 10.1 Å². The quantitative estimate of drug-likeness (QED) is 0.345. The van der Waals surface area contributed by atoms with Crippen molar-refractivity contribution in [1.29, 1.82) is 0 Å². The molecular formula is C14H16N4O5. The number of fused-ring (bicyclic) bond motifs is 1. The number of amides is 1. The fraction of sp³-hybridized carbons (Fsp3) is 0.357. The largest absolute Gasteiger partial charge is 0.469 e. The van der Waals surface area contributed by atoms with E-state index in [9.17, 15) is 19.7 Å². The highest BCUT2D eigenvalue weighted by molar-refractivity contribution is 6.05. The molecule has 0 saturated heterocycles. The molecule has 0 atom stereocenters. The fourth-order valence-electron chi connectivity index (χ4n) is 2.07. The lowest BCUT2D eigenvalue weighted by atomic mass is 10.2. The Morgan fingerprint density at radius 3 is 2.87 bits per heavy atom. The number of non-ortho nitro benzene ring substituents is 1. The van der Waals surface area contributed by atoms with E-state index in [4.69, 9.17) is 0 Å². The first kappa shape index (κ1) is 16.4. The fourth-order valence-corrected chi connectivity index (χ4v) is 2.07. The predicted molar refractivity (Wildman–Crippen MR) is 80.9 cm³/mol. The highest BCUT2D eigenvalue weighted by atomic mass is 16.6. The highest BCUT2D eigenvalue weighted by Gasteiger charge is 2.16. The zero-order valence-corrected chi connectivity index (χ0v) is 12.5. The van der Waals surface area contributed by atoms with Gasteiger partial charge in [0.25, 0.3) is 11.6 Å². The number of aromatic amines is 1. The van der Waals surface area contributed by atoms with Gasteiger partial charge in [0.15, 0.2) is 5.69 Å². The second-order valence-electron chi connectivity index (χ2n) is 4.85. The molecule has 0 radical (unpaired) electrons. The van der Waals surface area contributed by atoms with Crippen molar-refractivity contribution in [3.05, 3.63) is 34.0 Å². The molecule has 1 aromatic heterocycles. The van der Waals surface area contributed by atoms with Crippen LogP contribution in [-0.2, 0) is 9.53 Å². The number of ether oxygens (including phenoxy) is 1. The van der Waals surface area contributed by atoms with Crippen LogP contribution >= 0.6 is 0 Å². The molecule has 0 aliphatic heterocycles. The van der Waals surface area contributed by atoms with E-state index in [1.807, 2.05) is 0 Å². The Morgan fingerprint density at radius 1 is 1.39 bits per heavy atom. The van der Waals surface area contributed by atoms with Crippen LogP contribution in [0.1, 0.15) is 29.8 Å². The molecule has 2 rings (SSSR count). The van der Waals surface area contributed by atoms with Crippen LogP contribution in [0.15, 0.2) is 18.2 Å². The minimum absolute atomic E-state index is 0.106. The first-order valence-corrected chi connectivity index (χ1v) is 7.00. The van der Waals surface area contributed by atoms with Crippen molar-refractivity contribution in [2.24, 2.45) is 0 Å². The summed E-state index contributed by atoms with van der Waals surface area (Å²) in [5.41, 5.74) is 0.550. The van der Waals surface area contributed by atoms with Gasteiger partial charge in [0.1, 0.15) is 0 Å². The molecule has 23 heavy (non-hydrogen) atoms. The first-order valence-electron chi connectivity index (χ1n) is 7.00. The normalized spacial score (nSPS) is 10.5. The Balaban J connectivity index is 1.97. The van der Waals surface area contributed by atoms with Crippen LogP contribution in [-0.4, -0.2) is 40.7 Å². The molecule has 2 N–H and O–H groups in total. The maximum Gasteiger partial charge on any atom is 0.305 e. The topological polar surface area (TPSA) is 127 Å². The number of hydrogen-bond donors (Lipinski definition) is 2. The van der Waals surface area contributed by atoms with Gasteiger partial charge in [0, 0.05) is 30.5 Å². The number of esters is 1. The molecule has 2 aromatic rings. The molecule has 122 valence electrons. The second kappa shape index (κ2) is 7.34. The summed E-state index contributed by atoms with van der Waals surface area (Å²) in [6.07, 6.45) is 1.51. The van der Waals surface area contributed by atoms with Crippen molar-refractivity contribution < 1.29 is 19.2 Å². The van der Waals surface area contributed by atoms with E-state index in [0.29, 0.717) is 36.7 Å². The number of nitrogens with one attached hydrogen (secondary N) is 2. The van der Waals surface area contributed by atoms with Gasteiger partial charge in [-0.1, -0.05) is 0 Å². The monoisotopic (exact) mass is 320 g/mol. The number of benzene rings is 1. The lowest BCUT2D eigenvalue weighted by Crippen LogP contribution is -2.25. The molecule has 9 heteroatoms. The Labute approximate surface area is 131 Å². The van der Waals surface area contributed by atoms with Crippen molar-refractivity contribution in [2.45, 2.75) is 19.3 Å². The van der Waals surface area contributed by atoms with Crippen molar-refractivity contribution in [2.75, 3.05) is 13.7 Å². The summed E-state index contributed by atoms with van der Waals surface area (Å²) in [6, 6.07) is 4.16. The van der Waals surface area contributed by atoms with Crippen molar-refractivity contribution in [3.63, 3.8) is 0 Å². The van der Waals surface area contributed by atoms with E-state index in [1.165, 1.54) is 25.3 Å². The number of unbranched alkanes of at least 4 members (excludes halogenated alkanes) is 1. The van der Waals surface area contributed by atoms with E-state index in [2.05, 4.69) is 20.3 Å². The van der Waals surface area contributed by atoms with Crippen molar-refractivity contribution >= 4 is 28.5 Å². The molecule has 0 spiro atoms. The molecule has 1 aromatic carbocycles. The molecule has 1 heterocycles. The summed E-state index contributed by atoms with van der Waals surface area (Å²) in [5, 5.41) is 20.4. The van der Waals surface area contributed by atoms with E-state index in [-0.39, 0.29) is 17.4 Å². The van der Waals surface area contributed by atoms with Crippen molar-refractivity contribution in [3.8, 4) is 0 Å². The van der Waals surface area contributed by atoms with Gasteiger partial charge in [0.05, 0.1) is 17.5 Å². The molecule has 0 fully saturated rings. The van der Waals surface area contributed by atoms with Gasteiger partial charge in [-0.2, -0.15) is 5.10 Å². The molecule has 0 aliphatic rings. The van der Waals surface area contributed by atoms with Crippen LogP contribution in [0.2, 0.25) is 0 Å². The lowest BCUT2D eigenvalue weighted by Gasteiger charge is -2.03. The standard InChI is InChI=1S/C14H16N4O5/c1-23-12(19)4-2-3-7-15-14(20)13-10-8-9(18(21)22)5-6-11(10)16-17-13/h5-6,8H,2-4,7H2,1H3,(H,15,20)(H,16,17). The van der Waals surface area contributed by atoms with E-state index in [1.54, 1.807) is 0 Å². The average Bonchev–Trinajstić information content (AvgIpc) is 2.97. The van der Waals surface area contributed by atoms with Gasteiger partial charge < -0.3 is 10.1 Å². The minimum Gasteiger partial charge on any atom is -0.469 e. The maximum absolute atomic E-state index is 12.1. The third kappa shape index (κ3) is 4.02. The molecule has 1 amide bonds. The van der Waals surface area contributed by atoms with Gasteiger partial charge in [-0.15, -0.1) is 0 Å². The van der Waals surface area contributed by atoms with Crippen LogP contribution < -0.4 is 5.32 Å². The number of nitro benzene ring substituents is 1. The second-order valence-corrected chi connectivity index (χ2v) is 4.85. The van der Waals surface area contributed by atoms with E-state index >= 15 is 0 Å². The van der Waals surface area contributed by atoms with Crippen LogP contribution in [0.5, 0.6) is 0 Å². The summed E-state index contributed by atoms with van der Waals surface area (Å²) >= 11 is 0. The summed E-state index contributed by atoms with van der Waals surface area (Å²) in [5.74, 6) is -0.711. The number of aromatic nitrogens is 2. The van der Waals surface area contributed by atoms with Gasteiger partial charge >= 0.3 is 5.97 Å². The number of methoxy groups -OCH3 is 1. The summed E-state index contributed by atoms with van der Waals surface area (Å²) in [6.45, 7) is 0.374.